The lowest BCUT2D eigenvalue weighted by atomic mass is 9.99. The van der Waals surface area contributed by atoms with E-state index in [9.17, 15) is 0 Å². The second kappa shape index (κ2) is 8.06. The Hall–Kier alpha value is -0.710. The lowest BCUT2D eigenvalue weighted by Gasteiger charge is -2.18. The van der Waals surface area contributed by atoms with Crippen molar-refractivity contribution in [3.8, 4) is 0 Å². The van der Waals surface area contributed by atoms with Gasteiger partial charge >= 0.3 is 0 Å². The Morgan fingerprint density at radius 2 is 1.86 bits per heavy atom. The Morgan fingerprint density at radius 3 is 2.48 bits per heavy atom. The summed E-state index contributed by atoms with van der Waals surface area (Å²) >= 11 is 14.1. The highest BCUT2D eigenvalue weighted by Gasteiger charge is 2.13. The fourth-order valence-corrected chi connectivity index (χ4v) is 3.21. The fourth-order valence-electron chi connectivity index (χ4n) is 2.16. The van der Waals surface area contributed by atoms with Crippen LogP contribution in [-0.2, 0) is 6.42 Å². The van der Waals surface area contributed by atoms with Crippen molar-refractivity contribution in [3.63, 3.8) is 0 Å². The summed E-state index contributed by atoms with van der Waals surface area (Å²) in [6.45, 7) is 2.14. The third-order valence-electron chi connectivity index (χ3n) is 3.23. The van der Waals surface area contributed by atoms with Crippen molar-refractivity contribution in [2.45, 2.75) is 24.3 Å². The van der Waals surface area contributed by atoms with Gasteiger partial charge in [0.1, 0.15) is 0 Å². The molecule has 0 aliphatic heterocycles. The van der Waals surface area contributed by atoms with E-state index < -0.39 is 0 Å². The summed E-state index contributed by atoms with van der Waals surface area (Å²) < 4.78 is 0. The summed E-state index contributed by atoms with van der Waals surface area (Å²) in [5.74, 6) is 6.77. The van der Waals surface area contributed by atoms with Gasteiger partial charge in [-0.2, -0.15) is 0 Å². The van der Waals surface area contributed by atoms with Crippen molar-refractivity contribution in [2.75, 3.05) is 5.75 Å². The zero-order chi connectivity index (χ0) is 15.2. The molecule has 2 aromatic carbocycles. The van der Waals surface area contributed by atoms with Gasteiger partial charge in [-0.15, -0.1) is 11.8 Å². The molecule has 0 radical (unpaired) electrons. The predicted molar refractivity (Wildman–Crippen MR) is 93.1 cm³/mol. The van der Waals surface area contributed by atoms with E-state index in [1.54, 1.807) is 6.07 Å². The van der Waals surface area contributed by atoms with Gasteiger partial charge < -0.3 is 0 Å². The van der Waals surface area contributed by atoms with Crippen LogP contribution < -0.4 is 11.3 Å². The third-order valence-corrected chi connectivity index (χ3v) is 4.72. The number of nitrogens with one attached hydrogen (secondary N) is 1. The number of nitrogens with two attached hydrogens (primary N) is 1. The van der Waals surface area contributed by atoms with Gasteiger partial charge in [0.2, 0.25) is 0 Å². The van der Waals surface area contributed by atoms with Gasteiger partial charge in [0, 0.05) is 14.9 Å². The molecule has 0 amide bonds. The summed E-state index contributed by atoms with van der Waals surface area (Å²) in [6.07, 6.45) is 0.691. The van der Waals surface area contributed by atoms with Crippen molar-refractivity contribution in [2.24, 2.45) is 5.84 Å². The van der Waals surface area contributed by atoms with E-state index in [0.29, 0.717) is 16.5 Å². The maximum Gasteiger partial charge on any atom is 0.0500 e. The smallest absolute Gasteiger partial charge is 0.0500 e. The predicted octanol–water partition coefficient (Wildman–Crippen LogP) is 4.85. The maximum atomic E-state index is 6.22. The number of hydrogen-bond acceptors (Lipinski definition) is 3. The zero-order valence-electron chi connectivity index (χ0n) is 11.8. The monoisotopic (exact) mass is 340 g/mol. The molecule has 0 saturated heterocycles. The second-order valence-electron chi connectivity index (χ2n) is 4.66. The summed E-state index contributed by atoms with van der Waals surface area (Å²) in [7, 11) is 0. The molecule has 0 heterocycles. The van der Waals surface area contributed by atoms with Crippen molar-refractivity contribution in [1.29, 1.82) is 0 Å². The van der Waals surface area contributed by atoms with Crippen LogP contribution in [0.5, 0.6) is 0 Å². The number of thioether (sulfide) groups is 1. The van der Waals surface area contributed by atoms with Crippen LogP contribution in [0.15, 0.2) is 47.4 Å². The van der Waals surface area contributed by atoms with Crippen LogP contribution in [0.3, 0.4) is 0 Å². The Labute approximate surface area is 140 Å². The van der Waals surface area contributed by atoms with E-state index in [1.165, 1.54) is 4.90 Å². The summed E-state index contributed by atoms with van der Waals surface area (Å²) in [5.41, 5.74) is 4.98. The number of hydrazine groups is 1. The second-order valence-corrected chi connectivity index (χ2v) is 6.84. The first-order valence-corrected chi connectivity index (χ1v) is 8.51. The molecular weight excluding hydrogens is 323 g/mol. The van der Waals surface area contributed by atoms with Crippen LogP contribution in [0.2, 0.25) is 10.0 Å². The summed E-state index contributed by atoms with van der Waals surface area (Å²) in [6, 6.07) is 13.9. The lowest BCUT2D eigenvalue weighted by molar-refractivity contribution is 0.552. The molecule has 3 N–H and O–H groups in total. The van der Waals surface area contributed by atoms with Gasteiger partial charge in [0.25, 0.3) is 0 Å². The normalized spacial score (nSPS) is 12.4. The average Bonchev–Trinajstić information content (AvgIpc) is 2.49. The quantitative estimate of drug-likeness (QED) is 0.448. The number of rotatable bonds is 6. The van der Waals surface area contributed by atoms with E-state index in [0.717, 1.165) is 16.9 Å². The maximum absolute atomic E-state index is 6.22. The van der Waals surface area contributed by atoms with Crippen molar-refractivity contribution >= 4 is 35.0 Å². The van der Waals surface area contributed by atoms with Gasteiger partial charge in [0.05, 0.1) is 6.04 Å². The topological polar surface area (TPSA) is 38.0 Å². The number of benzene rings is 2. The molecule has 0 saturated carbocycles. The summed E-state index contributed by atoms with van der Waals surface area (Å²) in [4.78, 5) is 1.26. The number of halogens is 2. The minimum absolute atomic E-state index is 0.00152. The zero-order valence-corrected chi connectivity index (χ0v) is 14.1. The van der Waals surface area contributed by atoms with Crippen LogP contribution in [0.1, 0.15) is 24.1 Å². The first-order chi connectivity index (χ1) is 10.1. The molecule has 0 aliphatic carbocycles. The first kappa shape index (κ1) is 16.7. The van der Waals surface area contributed by atoms with Gasteiger partial charge in [-0.3, -0.25) is 11.3 Å². The Balaban J connectivity index is 2.17. The van der Waals surface area contributed by atoms with Crippen LogP contribution in [0.25, 0.3) is 0 Å². The fraction of sp³-hybridized carbons (Fsp3) is 0.250. The van der Waals surface area contributed by atoms with Crippen molar-refractivity contribution in [1.82, 2.24) is 5.43 Å². The molecule has 1 unspecified atom stereocenters. The number of hydrogen-bond donors (Lipinski definition) is 2. The van der Waals surface area contributed by atoms with Crippen molar-refractivity contribution in [3.05, 3.63) is 63.6 Å². The highest BCUT2D eigenvalue weighted by Crippen LogP contribution is 2.27. The Morgan fingerprint density at radius 1 is 1.14 bits per heavy atom. The molecule has 21 heavy (non-hydrogen) atoms. The lowest BCUT2D eigenvalue weighted by Crippen LogP contribution is -2.29. The highest BCUT2D eigenvalue weighted by molar-refractivity contribution is 7.99. The molecule has 0 fully saturated rings. The van der Waals surface area contributed by atoms with Gasteiger partial charge in [0.15, 0.2) is 0 Å². The van der Waals surface area contributed by atoms with Gasteiger partial charge in [-0.05, 0) is 53.6 Å². The Bertz CT molecular complexity index is 587. The molecule has 2 nitrogen and oxygen atoms in total. The van der Waals surface area contributed by atoms with Crippen LogP contribution >= 0.6 is 35.0 Å². The molecular formula is C16H18Cl2N2S. The molecule has 112 valence electrons. The van der Waals surface area contributed by atoms with E-state index in [2.05, 4.69) is 36.6 Å². The molecule has 1 atom stereocenters. The van der Waals surface area contributed by atoms with E-state index in [1.807, 2.05) is 23.9 Å². The van der Waals surface area contributed by atoms with Gasteiger partial charge in [-0.1, -0.05) is 42.3 Å². The molecule has 0 aliphatic rings. The summed E-state index contributed by atoms with van der Waals surface area (Å²) in [5, 5.41) is 1.39. The molecule has 0 bridgehead atoms. The average molecular weight is 341 g/mol. The minimum Gasteiger partial charge on any atom is -0.271 e. The van der Waals surface area contributed by atoms with E-state index >= 15 is 0 Å². The van der Waals surface area contributed by atoms with Crippen LogP contribution in [0.4, 0.5) is 0 Å². The molecule has 2 rings (SSSR count). The van der Waals surface area contributed by atoms with Crippen LogP contribution in [-0.4, -0.2) is 5.75 Å². The SMILES string of the molecule is CCSc1ccc(C(Cc2cc(Cl)ccc2Cl)NN)cc1. The Kier molecular flexibility index (Phi) is 6.40. The standard InChI is InChI=1S/C16H18Cl2N2S/c1-2-21-14-6-3-11(4-7-14)16(20-19)10-12-9-13(17)5-8-15(12)18/h3-9,16,20H,2,10,19H2,1H3. The molecule has 0 spiro atoms. The first-order valence-electron chi connectivity index (χ1n) is 6.77. The highest BCUT2D eigenvalue weighted by atomic mass is 35.5. The molecule has 0 aromatic heterocycles. The molecule has 5 heteroatoms. The largest absolute Gasteiger partial charge is 0.271 e. The third kappa shape index (κ3) is 4.63. The van der Waals surface area contributed by atoms with Crippen molar-refractivity contribution < 1.29 is 0 Å². The minimum atomic E-state index is 0.00152. The van der Waals surface area contributed by atoms with Gasteiger partial charge in [-0.25, -0.2) is 0 Å². The van der Waals surface area contributed by atoms with E-state index in [4.69, 9.17) is 29.0 Å². The van der Waals surface area contributed by atoms with E-state index in [-0.39, 0.29) is 6.04 Å². The molecule has 2 aromatic rings. The van der Waals surface area contributed by atoms with Crippen LogP contribution in [0, 0.1) is 0 Å².